The third-order valence-electron chi connectivity index (χ3n) is 6.89. The first-order chi connectivity index (χ1) is 19.8. The van der Waals surface area contributed by atoms with Crippen molar-refractivity contribution >= 4 is 17.3 Å². The Morgan fingerprint density at radius 1 is 1.10 bits per heavy atom. The molecule has 1 aromatic heterocycles. The quantitative estimate of drug-likeness (QED) is 0.156. The molecule has 1 atom stereocenters. The number of hydrogen-bond acceptors (Lipinski definition) is 7. The average Bonchev–Trinajstić information content (AvgIpc) is 3.44. The number of benzene rings is 3. The van der Waals surface area contributed by atoms with E-state index < -0.39 is 0 Å². The summed E-state index contributed by atoms with van der Waals surface area (Å²) in [5.74, 6) is 2.25. The van der Waals surface area contributed by atoms with Crippen LogP contribution in [0.1, 0.15) is 54.3 Å². The predicted molar refractivity (Wildman–Crippen MR) is 160 cm³/mol. The smallest absolute Gasteiger partial charge is 0.162 e. The van der Waals surface area contributed by atoms with Crippen LogP contribution in [-0.4, -0.2) is 34.9 Å². The zero-order valence-corrected chi connectivity index (χ0v) is 24.6. The SMILES string of the molecule is COc1ccc([C@@H]2C/C(=N/OCc3cn(-c4ccc(Cl)cc4C)nn3)c3cc(CC=C(C)C)c(OC)cc3O2)cc1. The summed E-state index contributed by atoms with van der Waals surface area (Å²) in [6, 6.07) is 17.5. The number of halogens is 1. The maximum Gasteiger partial charge on any atom is 0.162 e. The first-order valence-corrected chi connectivity index (χ1v) is 13.7. The summed E-state index contributed by atoms with van der Waals surface area (Å²) in [6.07, 6.45) is 5.02. The molecule has 0 amide bonds. The molecule has 1 aliphatic rings. The van der Waals surface area contributed by atoms with Crippen molar-refractivity contribution in [3.8, 4) is 22.9 Å². The van der Waals surface area contributed by atoms with Crippen molar-refractivity contribution in [1.82, 2.24) is 15.0 Å². The number of hydrogen-bond donors (Lipinski definition) is 0. The van der Waals surface area contributed by atoms with Crippen molar-refractivity contribution < 1.29 is 19.0 Å². The topological polar surface area (TPSA) is 80.0 Å². The number of allylic oxidation sites excluding steroid dienone is 2. The van der Waals surface area contributed by atoms with Crippen molar-refractivity contribution in [1.29, 1.82) is 0 Å². The van der Waals surface area contributed by atoms with Crippen LogP contribution in [0.3, 0.4) is 0 Å². The average molecular weight is 573 g/mol. The highest BCUT2D eigenvalue weighted by Gasteiger charge is 2.29. The number of ether oxygens (including phenoxy) is 3. The van der Waals surface area contributed by atoms with Crippen molar-refractivity contribution in [2.24, 2.45) is 5.16 Å². The van der Waals surface area contributed by atoms with Crippen LogP contribution in [0.2, 0.25) is 5.02 Å². The van der Waals surface area contributed by atoms with Crippen LogP contribution in [-0.2, 0) is 17.9 Å². The summed E-state index contributed by atoms with van der Waals surface area (Å²) in [6.45, 7) is 6.31. The van der Waals surface area contributed by atoms with E-state index in [4.69, 9.17) is 30.6 Å². The van der Waals surface area contributed by atoms with E-state index >= 15 is 0 Å². The molecule has 0 aliphatic carbocycles. The molecule has 0 spiro atoms. The zero-order chi connectivity index (χ0) is 28.9. The van der Waals surface area contributed by atoms with Gasteiger partial charge in [0.25, 0.3) is 0 Å². The minimum absolute atomic E-state index is 0.167. The van der Waals surface area contributed by atoms with Crippen LogP contribution in [0, 0.1) is 6.92 Å². The van der Waals surface area contributed by atoms with E-state index in [1.807, 2.05) is 61.7 Å². The molecular formula is C32H33ClN4O4. The Hall–Kier alpha value is -4.30. The molecule has 9 heteroatoms. The molecule has 212 valence electrons. The Morgan fingerprint density at radius 3 is 2.61 bits per heavy atom. The van der Waals surface area contributed by atoms with Gasteiger partial charge < -0.3 is 19.0 Å². The van der Waals surface area contributed by atoms with Crippen LogP contribution in [0.25, 0.3) is 5.69 Å². The molecule has 0 N–H and O–H groups in total. The first kappa shape index (κ1) is 28.2. The van der Waals surface area contributed by atoms with Crippen LogP contribution < -0.4 is 14.2 Å². The van der Waals surface area contributed by atoms with Gasteiger partial charge in [-0.25, -0.2) is 4.68 Å². The fourth-order valence-corrected chi connectivity index (χ4v) is 4.93. The van der Waals surface area contributed by atoms with E-state index in [0.717, 1.165) is 51.6 Å². The predicted octanol–water partition coefficient (Wildman–Crippen LogP) is 7.20. The van der Waals surface area contributed by atoms with Crippen molar-refractivity contribution in [3.63, 3.8) is 0 Å². The molecule has 1 aliphatic heterocycles. The number of rotatable bonds is 9. The van der Waals surface area contributed by atoms with Gasteiger partial charge in [-0.3, -0.25) is 0 Å². The number of fused-ring (bicyclic) bond motifs is 1. The van der Waals surface area contributed by atoms with Crippen LogP contribution in [0.15, 0.2) is 77.6 Å². The number of methoxy groups -OCH3 is 2. The number of nitrogens with zero attached hydrogens (tertiary/aromatic N) is 4. The normalized spacial score (nSPS) is 15.2. The van der Waals surface area contributed by atoms with E-state index in [0.29, 0.717) is 22.9 Å². The van der Waals surface area contributed by atoms with Gasteiger partial charge in [-0.15, -0.1) is 5.10 Å². The van der Waals surface area contributed by atoms with Gasteiger partial charge in [0.15, 0.2) is 6.61 Å². The number of aryl methyl sites for hydroxylation is 1. The van der Waals surface area contributed by atoms with E-state index in [1.54, 1.807) is 18.9 Å². The van der Waals surface area contributed by atoms with Gasteiger partial charge in [-0.2, -0.15) is 0 Å². The molecule has 8 nitrogen and oxygen atoms in total. The van der Waals surface area contributed by atoms with Gasteiger partial charge >= 0.3 is 0 Å². The summed E-state index contributed by atoms with van der Waals surface area (Å²) in [5.41, 5.74) is 7.52. The molecule has 4 aromatic rings. The maximum absolute atomic E-state index is 6.47. The highest BCUT2D eigenvalue weighted by Crippen LogP contribution is 2.40. The molecule has 0 unspecified atom stereocenters. The molecule has 41 heavy (non-hydrogen) atoms. The monoisotopic (exact) mass is 572 g/mol. The second kappa shape index (κ2) is 12.5. The maximum atomic E-state index is 6.47. The molecule has 0 bridgehead atoms. The molecule has 3 aromatic carbocycles. The Bertz CT molecular complexity index is 1590. The summed E-state index contributed by atoms with van der Waals surface area (Å²) < 4.78 is 19.2. The molecule has 5 rings (SSSR count). The third-order valence-corrected chi connectivity index (χ3v) is 7.13. The lowest BCUT2D eigenvalue weighted by atomic mass is 9.93. The van der Waals surface area contributed by atoms with E-state index in [9.17, 15) is 0 Å². The van der Waals surface area contributed by atoms with Gasteiger partial charge in [0.05, 0.1) is 31.8 Å². The molecule has 0 radical (unpaired) electrons. The Morgan fingerprint density at radius 2 is 1.90 bits per heavy atom. The molecule has 0 saturated heterocycles. The highest BCUT2D eigenvalue weighted by molar-refractivity contribution is 6.30. The highest BCUT2D eigenvalue weighted by atomic mass is 35.5. The summed E-state index contributed by atoms with van der Waals surface area (Å²) in [4.78, 5) is 5.86. The third kappa shape index (κ3) is 6.55. The minimum Gasteiger partial charge on any atom is -0.497 e. The minimum atomic E-state index is -0.252. The van der Waals surface area contributed by atoms with Crippen LogP contribution >= 0.6 is 11.6 Å². The second-order valence-electron chi connectivity index (χ2n) is 10.1. The molecular weight excluding hydrogens is 540 g/mol. The van der Waals surface area contributed by atoms with E-state index in [2.05, 4.69) is 41.5 Å². The van der Waals surface area contributed by atoms with Crippen molar-refractivity contribution in [3.05, 3.63) is 105 Å². The molecule has 0 fully saturated rings. The summed E-state index contributed by atoms with van der Waals surface area (Å²) in [7, 11) is 3.33. The van der Waals surface area contributed by atoms with Crippen LogP contribution in [0.5, 0.6) is 17.2 Å². The van der Waals surface area contributed by atoms with E-state index in [-0.39, 0.29) is 12.7 Å². The largest absolute Gasteiger partial charge is 0.497 e. The summed E-state index contributed by atoms with van der Waals surface area (Å²) >= 11 is 6.10. The lowest BCUT2D eigenvalue weighted by Gasteiger charge is -2.28. The van der Waals surface area contributed by atoms with Crippen LogP contribution in [0.4, 0.5) is 0 Å². The zero-order valence-electron chi connectivity index (χ0n) is 23.8. The lowest BCUT2D eigenvalue weighted by molar-refractivity contribution is 0.124. The summed E-state index contributed by atoms with van der Waals surface area (Å²) in [5, 5.41) is 13.8. The molecule has 2 heterocycles. The fraction of sp³-hybridized carbons (Fsp3) is 0.281. The Kier molecular flexibility index (Phi) is 8.59. The van der Waals surface area contributed by atoms with Gasteiger partial charge in [-0.05, 0) is 80.3 Å². The van der Waals surface area contributed by atoms with E-state index in [1.165, 1.54) is 5.57 Å². The Labute approximate surface area is 245 Å². The second-order valence-corrected chi connectivity index (χ2v) is 10.6. The van der Waals surface area contributed by atoms with Gasteiger partial charge in [0, 0.05) is 23.1 Å². The van der Waals surface area contributed by atoms with Crippen molar-refractivity contribution in [2.45, 2.75) is 46.3 Å². The standard InChI is InChI=1S/C32H33ClN4O4/c1-20(2)6-7-23-15-27-28(35-40-19-25-18-37(36-34-25)29-13-10-24(33)14-21(29)3)16-31(41-32(27)17-30(23)39-5)22-8-11-26(38-4)12-9-22/h6,8-15,17-18,31H,7,16,19H2,1-5H3/b35-28-/t31-/m0/s1. The van der Waals surface area contributed by atoms with Gasteiger partial charge in [0.2, 0.25) is 0 Å². The van der Waals surface area contributed by atoms with Gasteiger partial charge in [-0.1, -0.05) is 45.8 Å². The Balaban J connectivity index is 1.43. The lowest BCUT2D eigenvalue weighted by Crippen LogP contribution is -2.22. The molecule has 0 saturated carbocycles. The van der Waals surface area contributed by atoms with Crippen molar-refractivity contribution in [2.75, 3.05) is 14.2 Å². The number of aromatic nitrogens is 3. The van der Waals surface area contributed by atoms with Gasteiger partial charge in [0.1, 0.15) is 29.0 Å². The first-order valence-electron chi connectivity index (χ1n) is 13.4. The number of oxime groups is 1. The fourth-order valence-electron chi connectivity index (χ4n) is 4.70.